The number of halogens is 2. The monoisotopic (exact) mass is 298 g/mol. The molecule has 1 saturated heterocycles. The van der Waals surface area contributed by atoms with Gasteiger partial charge in [-0.1, -0.05) is 6.07 Å². The topological polar surface area (TPSA) is 35.5 Å². The summed E-state index contributed by atoms with van der Waals surface area (Å²) in [6.07, 6.45) is 2.59. The van der Waals surface area contributed by atoms with E-state index in [0.29, 0.717) is 0 Å². The molecule has 1 unspecified atom stereocenters. The highest BCUT2D eigenvalue weighted by molar-refractivity contribution is 5.20. The molecule has 1 aromatic carbocycles. The second kappa shape index (κ2) is 7.82. The summed E-state index contributed by atoms with van der Waals surface area (Å²) in [5.74, 6) is -1.61. The standard InChI is InChI=1S/C16H24F2N2O/c1-12(13-3-4-15(17)16(18)11-13)19-7-2-8-20-9-5-14(21)6-10-20/h3-4,11-12,14,19,21H,2,5-10H2,1H3. The van der Waals surface area contributed by atoms with Gasteiger partial charge in [0.2, 0.25) is 0 Å². The molecule has 0 radical (unpaired) electrons. The molecule has 0 amide bonds. The molecule has 0 bridgehead atoms. The molecule has 1 aliphatic rings. The van der Waals surface area contributed by atoms with Crippen LogP contribution in [0.2, 0.25) is 0 Å². The molecule has 2 rings (SSSR count). The first kappa shape index (κ1) is 16.3. The van der Waals surface area contributed by atoms with Gasteiger partial charge in [0.25, 0.3) is 0 Å². The van der Waals surface area contributed by atoms with Gasteiger partial charge in [-0.2, -0.15) is 0 Å². The molecule has 21 heavy (non-hydrogen) atoms. The van der Waals surface area contributed by atoms with E-state index in [-0.39, 0.29) is 12.1 Å². The normalized spacial score (nSPS) is 18.9. The molecule has 0 saturated carbocycles. The summed E-state index contributed by atoms with van der Waals surface area (Å²) in [7, 11) is 0. The summed E-state index contributed by atoms with van der Waals surface area (Å²) in [4.78, 5) is 2.36. The first-order chi connectivity index (χ1) is 10.1. The minimum absolute atomic E-state index is 0.00304. The predicted octanol–water partition coefficient (Wildman–Crippen LogP) is 2.46. The lowest BCUT2D eigenvalue weighted by molar-refractivity contribution is 0.0820. The van der Waals surface area contributed by atoms with Gasteiger partial charge in [-0.3, -0.25) is 0 Å². The third kappa shape index (κ3) is 5.02. The Hall–Kier alpha value is -1.04. The van der Waals surface area contributed by atoms with Gasteiger partial charge in [0, 0.05) is 19.1 Å². The van der Waals surface area contributed by atoms with Crippen LogP contribution in [0.4, 0.5) is 8.78 Å². The molecule has 0 spiro atoms. The van der Waals surface area contributed by atoms with Crippen LogP contribution in [0, 0.1) is 11.6 Å². The van der Waals surface area contributed by atoms with E-state index in [2.05, 4.69) is 10.2 Å². The number of hydrogen-bond donors (Lipinski definition) is 2. The van der Waals surface area contributed by atoms with Crippen molar-refractivity contribution < 1.29 is 13.9 Å². The van der Waals surface area contributed by atoms with E-state index in [1.165, 1.54) is 12.1 Å². The second-order valence-corrected chi connectivity index (χ2v) is 5.78. The molecular weight excluding hydrogens is 274 g/mol. The Kier molecular flexibility index (Phi) is 6.08. The maximum absolute atomic E-state index is 13.2. The van der Waals surface area contributed by atoms with E-state index in [9.17, 15) is 13.9 Å². The molecule has 1 atom stereocenters. The van der Waals surface area contributed by atoms with E-state index < -0.39 is 11.6 Å². The summed E-state index contributed by atoms with van der Waals surface area (Å²) in [6.45, 7) is 5.70. The van der Waals surface area contributed by atoms with Crippen LogP contribution >= 0.6 is 0 Å². The number of piperidine rings is 1. The molecule has 3 nitrogen and oxygen atoms in total. The van der Waals surface area contributed by atoms with Gasteiger partial charge in [-0.15, -0.1) is 0 Å². The second-order valence-electron chi connectivity index (χ2n) is 5.78. The van der Waals surface area contributed by atoms with E-state index in [1.807, 2.05) is 6.92 Å². The van der Waals surface area contributed by atoms with Crippen molar-refractivity contribution in [2.75, 3.05) is 26.2 Å². The fourth-order valence-electron chi connectivity index (χ4n) is 2.66. The number of rotatable bonds is 6. The smallest absolute Gasteiger partial charge is 0.159 e. The van der Waals surface area contributed by atoms with Crippen LogP contribution in [0.5, 0.6) is 0 Å². The van der Waals surface area contributed by atoms with Crippen LogP contribution < -0.4 is 5.32 Å². The number of benzene rings is 1. The number of aliphatic hydroxyl groups excluding tert-OH is 1. The van der Waals surface area contributed by atoms with Gasteiger partial charge in [-0.05, 0) is 57.0 Å². The van der Waals surface area contributed by atoms with Crippen LogP contribution in [0.15, 0.2) is 18.2 Å². The molecule has 1 fully saturated rings. The highest BCUT2D eigenvalue weighted by atomic mass is 19.2. The molecule has 0 aromatic heterocycles. The van der Waals surface area contributed by atoms with Gasteiger partial charge in [0.15, 0.2) is 11.6 Å². The molecule has 1 aliphatic heterocycles. The predicted molar refractivity (Wildman–Crippen MR) is 79.1 cm³/mol. The van der Waals surface area contributed by atoms with Crippen LogP contribution in [-0.4, -0.2) is 42.3 Å². The lowest BCUT2D eigenvalue weighted by Crippen LogP contribution is -2.37. The Morgan fingerprint density at radius 1 is 1.29 bits per heavy atom. The fraction of sp³-hybridized carbons (Fsp3) is 0.625. The van der Waals surface area contributed by atoms with Crippen LogP contribution in [0.3, 0.4) is 0 Å². The molecule has 5 heteroatoms. The number of nitrogens with one attached hydrogen (secondary N) is 1. The van der Waals surface area contributed by atoms with Gasteiger partial charge >= 0.3 is 0 Å². The lowest BCUT2D eigenvalue weighted by Gasteiger charge is -2.29. The van der Waals surface area contributed by atoms with Crippen molar-refractivity contribution >= 4 is 0 Å². The number of nitrogens with zero attached hydrogens (tertiary/aromatic N) is 1. The van der Waals surface area contributed by atoms with Crippen molar-refractivity contribution in [3.8, 4) is 0 Å². The quantitative estimate of drug-likeness (QED) is 0.792. The van der Waals surface area contributed by atoms with Gasteiger partial charge in [-0.25, -0.2) is 8.78 Å². The van der Waals surface area contributed by atoms with Crippen molar-refractivity contribution in [1.29, 1.82) is 0 Å². The van der Waals surface area contributed by atoms with E-state index in [1.54, 1.807) is 6.07 Å². The van der Waals surface area contributed by atoms with Crippen LogP contribution in [-0.2, 0) is 0 Å². The molecule has 0 aliphatic carbocycles. The van der Waals surface area contributed by atoms with E-state index in [0.717, 1.165) is 51.0 Å². The molecule has 1 heterocycles. The minimum atomic E-state index is -0.807. The summed E-state index contributed by atoms with van der Waals surface area (Å²) in [6, 6.07) is 4.03. The van der Waals surface area contributed by atoms with E-state index in [4.69, 9.17) is 0 Å². The Morgan fingerprint density at radius 3 is 2.67 bits per heavy atom. The van der Waals surface area contributed by atoms with Gasteiger partial charge in [0.05, 0.1) is 6.10 Å². The Labute approximate surface area is 125 Å². The summed E-state index contributed by atoms with van der Waals surface area (Å²) in [5, 5.41) is 12.8. The van der Waals surface area contributed by atoms with Gasteiger partial charge < -0.3 is 15.3 Å². The van der Waals surface area contributed by atoms with Gasteiger partial charge in [0.1, 0.15) is 0 Å². The zero-order chi connectivity index (χ0) is 15.2. The Morgan fingerprint density at radius 2 is 2.00 bits per heavy atom. The maximum Gasteiger partial charge on any atom is 0.159 e. The maximum atomic E-state index is 13.2. The number of hydrogen-bond acceptors (Lipinski definition) is 3. The average molecular weight is 298 g/mol. The Balaban J connectivity index is 1.67. The molecular formula is C16H24F2N2O. The lowest BCUT2D eigenvalue weighted by atomic mass is 10.1. The highest BCUT2D eigenvalue weighted by Crippen LogP contribution is 2.16. The molecule has 2 N–H and O–H groups in total. The molecule has 1 aromatic rings. The van der Waals surface area contributed by atoms with Crippen molar-refractivity contribution in [1.82, 2.24) is 10.2 Å². The summed E-state index contributed by atoms with van der Waals surface area (Å²) in [5.41, 5.74) is 0.759. The summed E-state index contributed by atoms with van der Waals surface area (Å²) < 4.78 is 26.1. The minimum Gasteiger partial charge on any atom is -0.393 e. The third-order valence-corrected chi connectivity index (χ3v) is 4.10. The first-order valence-electron chi connectivity index (χ1n) is 7.65. The van der Waals surface area contributed by atoms with Crippen molar-refractivity contribution in [3.63, 3.8) is 0 Å². The van der Waals surface area contributed by atoms with Crippen molar-refractivity contribution in [2.45, 2.75) is 38.3 Å². The van der Waals surface area contributed by atoms with Crippen LogP contribution in [0.25, 0.3) is 0 Å². The SMILES string of the molecule is CC(NCCCN1CCC(O)CC1)c1ccc(F)c(F)c1. The Bertz CT molecular complexity index is 448. The first-order valence-corrected chi connectivity index (χ1v) is 7.65. The summed E-state index contributed by atoms with van der Waals surface area (Å²) >= 11 is 0. The van der Waals surface area contributed by atoms with Crippen molar-refractivity contribution in [3.05, 3.63) is 35.4 Å². The highest BCUT2D eigenvalue weighted by Gasteiger charge is 2.16. The average Bonchev–Trinajstić information content (AvgIpc) is 2.48. The van der Waals surface area contributed by atoms with Crippen LogP contribution in [0.1, 0.15) is 37.8 Å². The van der Waals surface area contributed by atoms with E-state index >= 15 is 0 Å². The number of aliphatic hydroxyl groups is 1. The zero-order valence-corrected chi connectivity index (χ0v) is 12.5. The molecule has 118 valence electrons. The number of likely N-dealkylation sites (tertiary alicyclic amines) is 1. The third-order valence-electron chi connectivity index (χ3n) is 4.10. The fourth-order valence-corrected chi connectivity index (χ4v) is 2.66. The largest absolute Gasteiger partial charge is 0.393 e. The van der Waals surface area contributed by atoms with Crippen molar-refractivity contribution in [2.24, 2.45) is 0 Å². The zero-order valence-electron chi connectivity index (χ0n) is 12.5.